The van der Waals surface area contributed by atoms with E-state index in [1.807, 2.05) is 0 Å². The van der Waals surface area contributed by atoms with Crippen molar-refractivity contribution in [2.24, 2.45) is 5.73 Å². The molecule has 0 unspecified atom stereocenters. The molecule has 0 radical (unpaired) electrons. The summed E-state index contributed by atoms with van der Waals surface area (Å²) in [5, 5.41) is 0.315. The van der Waals surface area contributed by atoms with Crippen molar-refractivity contribution in [3.63, 3.8) is 0 Å². The maximum atomic E-state index is 11.8. The lowest BCUT2D eigenvalue weighted by atomic mass is 9.34. The lowest BCUT2D eigenvalue weighted by molar-refractivity contribution is 0.0995. The largest absolute Gasteiger partial charge is 0.364 e. The van der Waals surface area contributed by atoms with Crippen molar-refractivity contribution >= 4 is 13.2 Å². The number of carbonyl (C=O) groups excluding carboxylic acids is 1. The molecule has 2 saturated heterocycles. The molecule has 4 rings (SSSR count). The number of amides is 1. The second kappa shape index (κ2) is 5.40. The Labute approximate surface area is 133 Å². The summed E-state index contributed by atoms with van der Waals surface area (Å²) >= 11 is 0. The minimum Gasteiger partial charge on any atom is -0.364 e. The SMILES string of the molecule is NC(=O)c1cc(C23BC(CCC2)CCC3)c2c(n1)CCCC2. The Morgan fingerprint density at radius 1 is 1.18 bits per heavy atom. The van der Waals surface area contributed by atoms with Gasteiger partial charge in [0, 0.05) is 5.69 Å². The molecule has 3 aliphatic rings. The van der Waals surface area contributed by atoms with E-state index in [4.69, 9.17) is 5.73 Å². The average molecular weight is 296 g/mol. The van der Waals surface area contributed by atoms with Gasteiger partial charge in [-0.05, 0) is 48.2 Å². The molecule has 116 valence electrons. The van der Waals surface area contributed by atoms with Crippen LogP contribution in [0.1, 0.15) is 78.7 Å². The van der Waals surface area contributed by atoms with Gasteiger partial charge in [0.2, 0.25) is 0 Å². The standard InChI is InChI=1S/C18H25BN2O/c20-17(22)16-11-14(13-7-1-2-8-15(13)21-16)18-9-3-5-12(19-18)6-4-10-18/h11-12,19H,1-10H2,(H2,20,22). The van der Waals surface area contributed by atoms with Crippen LogP contribution in [0.4, 0.5) is 0 Å². The van der Waals surface area contributed by atoms with Crippen LogP contribution in [0.15, 0.2) is 6.07 Å². The Morgan fingerprint density at radius 2 is 1.91 bits per heavy atom. The van der Waals surface area contributed by atoms with Crippen molar-refractivity contribution in [2.75, 3.05) is 0 Å². The van der Waals surface area contributed by atoms with Crippen LogP contribution < -0.4 is 5.73 Å². The first-order chi connectivity index (χ1) is 10.7. The van der Waals surface area contributed by atoms with Crippen LogP contribution in [0.2, 0.25) is 5.82 Å². The molecular formula is C18H25BN2O. The molecule has 1 aromatic rings. The van der Waals surface area contributed by atoms with Crippen LogP contribution in [-0.4, -0.2) is 18.2 Å². The number of nitrogens with zero attached hydrogens (tertiary/aromatic N) is 1. The normalized spacial score (nSPS) is 30.3. The molecule has 0 spiro atoms. The summed E-state index contributed by atoms with van der Waals surface area (Å²) in [5.74, 6) is 0.529. The lowest BCUT2D eigenvalue weighted by Crippen LogP contribution is -2.43. The fourth-order valence-corrected chi connectivity index (χ4v) is 5.37. The van der Waals surface area contributed by atoms with E-state index < -0.39 is 0 Å². The van der Waals surface area contributed by atoms with Gasteiger partial charge in [-0.1, -0.05) is 44.3 Å². The number of rotatable bonds is 2. The van der Waals surface area contributed by atoms with E-state index in [0.29, 0.717) is 11.0 Å². The zero-order chi connectivity index (χ0) is 15.2. The number of pyridine rings is 1. The Hall–Kier alpha value is -1.32. The van der Waals surface area contributed by atoms with Crippen LogP contribution >= 0.6 is 0 Å². The van der Waals surface area contributed by atoms with Gasteiger partial charge in [-0.2, -0.15) is 0 Å². The van der Waals surface area contributed by atoms with E-state index in [-0.39, 0.29) is 5.91 Å². The van der Waals surface area contributed by atoms with Gasteiger partial charge < -0.3 is 5.73 Å². The van der Waals surface area contributed by atoms with Gasteiger partial charge in [-0.15, -0.1) is 0 Å². The van der Waals surface area contributed by atoms with Gasteiger partial charge in [0.25, 0.3) is 5.91 Å². The van der Waals surface area contributed by atoms with E-state index in [0.717, 1.165) is 18.7 Å². The van der Waals surface area contributed by atoms with Crippen molar-refractivity contribution in [3.05, 3.63) is 28.6 Å². The molecule has 0 saturated carbocycles. The predicted octanol–water partition coefficient (Wildman–Crippen LogP) is 2.85. The number of aromatic nitrogens is 1. The Bertz CT molecular complexity index is 603. The van der Waals surface area contributed by atoms with Crippen molar-refractivity contribution in [1.82, 2.24) is 4.98 Å². The summed E-state index contributed by atoms with van der Waals surface area (Å²) in [6.45, 7) is 0. The van der Waals surface area contributed by atoms with E-state index in [9.17, 15) is 4.79 Å². The summed E-state index contributed by atoms with van der Waals surface area (Å²) in [4.78, 5) is 16.3. The Morgan fingerprint density at radius 3 is 2.64 bits per heavy atom. The topological polar surface area (TPSA) is 56.0 Å². The summed E-state index contributed by atoms with van der Waals surface area (Å²) in [5.41, 5.74) is 10.2. The lowest BCUT2D eigenvalue weighted by Gasteiger charge is -2.46. The van der Waals surface area contributed by atoms with E-state index in [2.05, 4.69) is 11.1 Å². The number of hydrogen-bond donors (Lipinski definition) is 1. The van der Waals surface area contributed by atoms with Gasteiger partial charge in [0.15, 0.2) is 0 Å². The molecule has 2 bridgehead atoms. The van der Waals surface area contributed by atoms with Gasteiger partial charge in [-0.3, -0.25) is 4.79 Å². The molecule has 1 amide bonds. The molecule has 4 heteroatoms. The first-order valence-corrected chi connectivity index (χ1v) is 9.01. The monoisotopic (exact) mass is 296 g/mol. The Kier molecular flexibility index (Phi) is 3.51. The number of nitrogens with two attached hydrogens (primary N) is 1. The molecular weight excluding hydrogens is 271 g/mol. The van der Waals surface area contributed by atoms with E-state index in [1.54, 1.807) is 0 Å². The zero-order valence-electron chi connectivity index (χ0n) is 13.4. The quantitative estimate of drug-likeness (QED) is 0.853. The number of primary amides is 1. The highest BCUT2D eigenvalue weighted by atomic mass is 16.1. The molecule has 2 fully saturated rings. The fourth-order valence-electron chi connectivity index (χ4n) is 5.37. The minimum atomic E-state index is -0.366. The minimum absolute atomic E-state index is 0.315. The van der Waals surface area contributed by atoms with Crippen LogP contribution in [0.3, 0.4) is 0 Å². The Balaban J connectivity index is 1.85. The van der Waals surface area contributed by atoms with Crippen LogP contribution in [0.5, 0.6) is 0 Å². The third-order valence-electron chi connectivity index (χ3n) is 6.34. The van der Waals surface area contributed by atoms with Gasteiger partial charge in [-0.25, -0.2) is 4.98 Å². The van der Waals surface area contributed by atoms with Crippen LogP contribution in [-0.2, 0) is 18.2 Å². The summed E-state index contributed by atoms with van der Waals surface area (Å²) in [6, 6.07) is 2.07. The van der Waals surface area contributed by atoms with Crippen LogP contribution in [0, 0.1) is 0 Å². The third-order valence-corrected chi connectivity index (χ3v) is 6.34. The second-order valence-corrected chi connectivity index (χ2v) is 7.69. The molecule has 22 heavy (non-hydrogen) atoms. The van der Waals surface area contributed by atoms with Gasteiger partial charge in [0.1, 0.15) is 13.0 Å². The summed E-state index contributed by atoms with van der Waals surface area (Å²) in [7, 11) is 1.32. The van der Waals surface area contributed by atoms with Crippen molar-refractivity contribution in [1.29, 1.82) is 0 Å². The molecule has 2 aliphatic heterocycles. The second-order valence-electron chi connectivity index (χ2n) is 7.69. The summed E-state index contributed by atoms with van der Waals surface area (Å²) in [6.07, 6.45) is 12.7. The number of aryl methyl sites for hydroxylation is 1. The molecule has 1 aliphatic carbocycles. The van der Waals surface area contributed by atoms with Crippen molar-refractivity contribution < 1.29 is 4.79 Å². The zero-order valence-corrected chi connectivity index (χ0v) is 13.4. The third kappa shape index (κ3) is 2.27. The molecule has 0 atom stereocenters. The number of carbonyl (C=O) groups is 1. The van der Waals surface area contributed by atoms with Crippen molar-refractivity contribution in [2.45, 2.75) is 75.3 Å². The molecule has 1 aromatic heterocycles. The first kappa shape index (κ1) is 14.3. The highest BCUT2D eigenvalue weighted by Gasteiger charge is 2.43. The molecule has 2 N–H and O–H groups in total. The predicted molar refractivity (Wildman–Crippen MR) is 89.7 cm³/mol. The van der Waals surface area contributed by atoms with Gasteiger partial charge >= 0.3 is 0 Å². The van der Waals surface area contributed by atoms with Gasteiger partial charge in [0.05, 0.1) is 0 Å². The van der Waals surface area contributed by atoms with E-state index >= 15 is 0 Å². The number of fused-ring (bicyclic) bond motifs is 3. The summed E-state index contributed by atoms with van der Waals surface area (Å²) < 4.78 is 0. The maximum Gasteiger partial charge on any atom is 0.267 e. The van der Waals surface area contributed by atoms with Crippen molar-refractivity contribution in [3.8, 4) is 0 Å². The smallest absolute Gasteiger partial charge is 0.267 e. The first-order valence-electron chi connectivity index (χ1n) is 9.01. The van der Waals surface area contributed by atoms with E-state index in [1.165, 1.54) is 75.5 Å². The highest BCUT2D eigenvalue weighted by molar-refractivity contribution is 6.43. The van der Waals surface area contributed by atoms with Crippen LogP contribution in [0.25, 0.3) is 0 Å². The molecule has 0 aromatic carbocycles. The highest BCUT2D eigenvalue weighted by Crippen LogP contribution is 2.49. The fraction of sp³-hybridized carbons (Fsp3) is 0.667. The maximum absolute atomic E-state index is 11.8. The molecule has 3 nitrogen and oxygen atoms in total. The average Bonchev–Trinajstić information content (AvgIpc) is 2.54. The number of hydrogen-bond acceptors (Lipinski definition) is 2. The molecule has 3 heterocycles.